The molecule has 0 spiro atoms. The van der Waals surface area contributed by atoms with E-state index >= 15 is 0 Å². The second-order valence-corrected chi connectivity index (χ2v) is 6.45. The number of benzene rings is 1. The molecule has 0 aliphatic carbocycles. The summed E-state index contributed by atoms with van der Waals surface area (Å²) in [7, 11) is 0. The van der Waals surface area contributed by atoms with Crippen LogP contribution in [0.1, 0.15) is 40.2 Å². The van der Waals surface area contributed by atoms with Gasteiger partial charge >= 0.3 is 5.97 Å². The number of carbonyl (C=O) groups excluding carboxylic acids is 1. The van der Waals surface area contributed by atoms with Gasteiger partial charge in [0.1, 0.15) is 10.9 Å². The first kappa shape index (κ1) is 17.0. The highest BCUT2D eigenvalue weighted by Crippen LogP contribution is 2.26. The molecule has 0 radical (unpaired) electrons. The average Bonchev–Trinajstić information content (AvgIpc) is 2.95. The Labute approximate surface area is 147 Å². The molecule has 7 nitrogen and oxygen atoms in total. The summed E-state index contributed by atoms with van der Waals surface area (Å²) >= 11 is 1.27. The number of rotatable bonds is 4. The number of aryl methyl sites for hydroxylation is 2. The molecule has 1 unspecified atom stereocenters. The fourth-order valence-electron chi connectivity index (χ4n) is 2.43. The van der Waals surface area contributed by atoms with Gasteiger partial charge in [0.05, 0.1) is 16.2 Å². The number of hydrogen-bond acceptors (Lipinski definition) is 7. The molecule has 0 amide bonds. The molecule has 25 heavy (non-hydrogen) atoms. The Bertz CT molecular complexity index is 983. The summed E-state index contributed by atoms with van der Waals surface area (Å²) < 4.78 is 9.65. The van der Waals surface area contributed by atoms with Crippen molar-refractivity contribution < 1.29 is 14.5 Å². The summed E-state index contributed by atoms with van der Waals surface area (Å²) in [5.74, 6) is -0.532. The standard InChI is InChI=1S/C17H15N3O4S/c1-9-4-5-12(7-15(9)20(22)23)11(3)24-17(21)13-6-14-10(2)19-25-16(14)18-8-13/h4-8,11H,1-3H3. The molecule has 1 aromatic carbocycles. The maximum atomic E-state index is 12.4. The zero-order valence-corrected chi connectivity index (χ0v) is 14.7. The van der Waals surface area contributed by atoms with Gasteiger partial charge in [-0.25, -0.2) is 9.78 Å². The summed E-state index contributed by atoms with van der Waals surface area (Å²) in [6.07, 6.45) is 0.830. The molecule has 3 aromatic rings. The molecule has 0 aliphatic rings. The number of esters is 1. The first-order valence-corrected chi connectivity index (χ1v) is 8.32. The summed E-state index contributed by atoms with van der Waals surface area (Å²) in [6.45, 7) is 5.19. The molecule has 128 valence electrons. The second kappa shape index (κ2) is 6.56. The van der Waals surface area contributed by atoms with Crippen molar-refractivity contribution in [2.75, 3.05) is 0 Å². The fraction of sp³-hybridized carbons (Fsp3) is 0.235. The van der Waals surface area contributed by atoms with Crippen molar-refractivity contribution in [1.29, 1.82) is 0 Å². The Morgan fingerprint density at radius 3 is 2.80 bits per heavy atom. The van der Waals surface area contributed by atoms with Gasteiger partial charge in [-0.2, -0.15) is 4.37 Å². The number of ether oxygens (including phenoxy) is 1. The van der Waals surface area contributed by atoms with Crippen molar-refractivity contribution in [1.82, 2.24) is 9.36 Å². The molecule has 0 N–H and O–H groups in total. The molecule has 2 heterocycles. The molecule has 0 saturated carbocycles. The van der Waals surface area contributed by atoms with Crippen LogP contribution in [0.3, 0.4) is 0 Å². The SMILES string of the molecule is Cc1ccc(C(C)OC(=O)c2cnc3snc(C)c3c2)cc1[N+](=O)[O-]. The van der Waals surface area contributed by atoms with Crippen molar-refractivity contribution >= 4 is 33.4 Å². The smallest absolute Gasteiger partial charge is 0.340 e. The third-order valence-electron chi connectivity index (χ3n) is 3.93. The van der Waals surface area contributed by atoms with E-state index in [0.717, 1.165) is 15.9 Å². The van der Waals surface area contributed by atoms with E-state index in [9.17, 15) is 14.9 Å². The van der Waals surface area contributed by atoms with Crippen molar-refractivity contribution in [3.63, 3.8) is 0 Å². The van der Waals surface area contributed by atoms with Crippen LogP contribution in [-0.4, -0.2) is 20.3 Å². The van der Waals surface area contributed by atoms with Crippen LogP contribution < -0.4 is 0 Å². The molecular formula is C17H15N3O4S. The summed E-state index contributed by atoms with van der Waals surface area (Å²) in [6, 6.07) is 6.50. The normalized spacial score (nSPS) is 12.1. The molecule has 8 heteroatoms. The lowest BCUT2D eigenvalue weighted by molar-refractivity contribution is -0.385. The number of nitrogens with zero attached hydrogens (tertiary/aromatic N) is 3. The minimum atomic E-state index is -0.621. The molecule has 3 rings (SSSR count). The molecule has 0 saturated heterocycles. The van der Waals surface area contributed by atoms with Crippen molar-refractivity contribution in [3.05, 3.63) is 63.0 Å². The Hall–Kier alpha value is -2.87. The lowest BCUT2D eigenvalue weighted by atomic mass is 10.1. The van der Waals surface area contributed by atoms with Crippen LogP contribution in [0.25, 0.3) is 10.2 Å². The number of hydrogen-bond donors (Lipinski definition) is 0. The Morgan fingerprint density at radius 1 is 1.32 bits per heavy atom. The third kappa shape index (κ3) is 3.34. The van der Waals surface area contributed by atoms with E-state index in [4.69, 9.17) is 4.74 Å². The highest BCUT2D eigenvalue weighted by Gasteiger charge is 2.19. The Kier molecular flexibility index (Phi) is 4.45. The maximum Gasteiger partial charge on any atom is 0.340 e. The van der Waals surface area contributed by atoms with E-state index in [0.29, 0.717) is 16.7 Å². The van der Waals surface area contributed by atoms with Crippen LogP contribution in [0.15, 0.2) is 30.5 Å². The minimum Gasteiger partial charge on any atom is -0.454 e. The number of nitro groups is 1. The fourth-order valence-corrected chi connectivity index (χ4v) is 3.16. The number of fused-ring (bicyclic) bond motifs is 1. The van der Waals surface area contributed by atoms with Gasteiger partial charge in [-0.05, 0) is 43.9 Å². The van der Waals surface area contributed by atoms with Crippen LogP contribution in [0, 0.1) is 24.0 Å². The van der Waals surface area contributed by atoms with E-state index in [1.807, 2.05) is 6.92 Å². The van der Waals surface area contributed by atoms with Gasteiger partial charge in [-0.3, -0.25) is 10.1 Å². The Morgan fingerprint density at radius 2 is 2.08 bits per heavy atom. The number of carbonyl (C=O) groups is 1. The predicted molar refractivity (Wildman–Crippen MR) is 93.8 cm³/mol. The van der Waals surface area contributed by atoms with Crippen LogP contribution in [0.4, 0.5) is 5.69 Å². The van der Waals surface area contributed by atoms with Gasteiger partial charge in [0.25, 0.3) is 5.69 Å². The summed E-state index contributed by atoms with van der Waals surface area (Å²) in [5.41, 5.74) is 2.26. The van der Waals surface area contributed by atoms with Crippen molar-refractivity contribution in [3.8, 4) is 0 Å². The molecule has 1 atom stereocenters. The highest BCUT2D eigenvalue weighted by atomic mass is 32.1. The van der Waals surface area contributed by atoms with E-state index in [1.54, 1.807) is 32.0 Å². The van der Waals surface area contributed by atoms with E-state index in [1.165, 1.54) is 23.8 Å². The van der Waals surface area contributed by atoms with Crippen molar-refractivity contribution in [2.24, 2.45) is 0 Å². The van der Waals surface area contributed by atoms with Gasteiger partial charge in [0.2, 0.25) is 0 Å². The van der Waals surface area contributed by atoms with E-state index < -0.39 is 17.0 Å². The molecule has 2 aromatic heterocycles. The topological polar surface area (TPSA) is 95.2 Å². The molecule has 0 bridgehead atoms. The number of pyridine rings is 1. The number of aromatic nitrogens is 2. The highest BCUT2D eigenvalue weighted by molar-refractivity contribution is 7.12. The van der Waals surface area contributed by atoms with Crippen molar-refractivity contribution in [2.45, 2.75) is 26.9 Å². The predicted octanol–water partition coefficient (Wildman–Crippen LogP) is 4.13. The van der Waals surface area contributed by atoms with Gasteiger partial charge < -0.3 is 4.74 Å². The van der Waals surface area contributed by atoms with E-state index in [2.05, 4.69) is 9.36 Å². The maximum absolute atomic E-state index is 12.4. The van der Waals surface area contributed by atoms with E-state index in [-0.39, 0.29) is 5.69 Å². The van der Waals surface area contributed by atoms with Crippen LogP contribution in [0.2, 0.25) is 0 Å². The average molecular weight is 357 g/mol. The van der Waals surface area contributed by atoms with Crippen LogP contribution in [0.5, 0.6) is 0 Å². The second-order valence-electron chi connectivity index (χ2n) is 5.70. The van der Waals surface area contributed by atoms with Gasteiger partial charge in [0, 0.05) is 23.2 Å². The summed E-state index contributed by atoms with van der Waals surface area (Å²) in [5, 5.41) is 11.9. The first-order chi connectivity index (χ1) is 11.9. The van der Waals surface area contributed by atoms with Gasteiger partial charge in [-0.1, -0.05) is 12.1 Å². The van der Waals surface area contributed by atoms with Gasteiger partial charge in [-0.15, -0.1) is 0 Å². The quantitative estimate of drug-likeness (QED) is 0.396. The van der Waals surface area contributed by atoms with Gasteiger partial charge in [0.15, 0.2) is 0 Å². The zero-order chi connectivity index (χ0) is 18.1. The lowest BCUT2D eigenvalue weighted by Crippen LogP contribution is -2.10. The Balaban J connectivity index is 1.83. The molecule has 0 aliphatic heterocycles. The third-order valence-corrected chi connectivity index (χ3v) is 4.79. The van der Waals surface area contributed by atoms with Crippen LogP contribution >= 0.6 is 11.5 Å². The largest absolute Gasteiger partial charge is 0.454 e. The monoisotopic (exact) mass is 357 g/mol. The minimum absolute atomic E-state index is 0.00320. The molecule has 0 fully saturated rings. The zero-order valence-electron chi connectivity index (χ0n) is 13.8. The summed E-state index contributed by atoms with van der Waals surface area (Å²) in [4.78, 5) is 28.0. The number of nitro benzene ring substituents is 1. The lowest BCUT2D eigenvalue weighted by Gasteiger charge is -2.14. The van der Waals surface area contributed by atoms with Crippen LogP contribution in [-0.2, 0) is 4.74 Å². The molecular weight excluding hydrogens is 342 g/mol. The first-order valence-electron chi connectivity index (χ1n) is 7.54.